The summed E-state index contributed by atoms with van der Waals surface area (Å²) in [6.07, 6.45) is 2.40. The molecule has 0 saturated heterocycles. The van der Waals surface area contributed by atoms with Gasteiger partial charge in [0.15, 0.2) is 5.13 Å². The van der Waals surface area contributed by atoms with Gasteiger partial charge in [0, 0.05) is 17.0 Å². The summed E-state index contributed by atoms with van der Waals surface area (Å²) in [7, 11) is 0. The number of aromatic amines is 1. The minimum absolute atomic E-state index is 0.184. The predicted molar refractivity (Wildman–Crippen MR) is 111 cm³/mol. The van der Waals surface area contributed by atoms with Crippen molar-refractivity contribution < 1.29 is 4.74 Å². The molecule has 0 amide bonds. The molecule has 4 rings (SSSR count). The van der Waals surface area contributed by atoms with Gasteiger partial charge in [-0.15, -0.1) is 0 Å². The van der Waals surface area contributed by atoms with Crippen molar-refractivity contribution in [1.29, 1.82) is 5.26 Å². The number of aromatic nitrogens is 2. The Morgan fingerprint density at radius 1 is 1.46 bits per heavy atom. The Kier molecular flexibility index (Phi) is 5.00. The summed E-state index contributed by atoms with van der Waals surface area (Å²) in [6.45, 7) is 4.33. The van der Waals surface area contributed by atoms with Crippen LogP contribution in [0.4, 0.5) is 5.13 Å². The summed E-state index contributed by atoms with van der Waals surface area (Å²) >= 11 is 7.65. The minimum atomic E-state index is -0.283. The number of aryl methyl sites for hydroxylation is 1. The molecule has 0 aliphatic heterocycles. The van der Waals surface area contributed by atoms with E-state index in [0.717, 1.165) is 5.39 Å². The van der Waals surface area contributed by atoms with Gasteiger partial charge in [0.1, 0.15) is 16.7 Å². The number of ether oxygens (including phenoxy) is 1. The Morgan fingerprint density at radius 3 is 2.93 bits per heavy atom. The standard InChI is InChI=1S/C20H19ClN4O2S/c1-10(23-20-24-11(2)18(8-22)28-20)14-5-13-6-15(21)17(27-9-12-3-4-12)7-16(13)25-19(14)26/h5-7,10,12H,3-4,9H2,1-2H3,(H,23,24)(H,25,26). The van der Waals surface area contributed by atoms with Crippen LogP contribution in [0.25, 0.3) is 10.9 Å². The summed E-state index contributed by atoms with van der Waals surface area (Å²) in [5.41, 5.74) is 1.76. The maximum absolute atomic E-state index is 12.6. The van der Waals surface area contributed by atoms with E-state index < -0.39 is 0 Å². The second-order valence-electron chi connectivity index (χ2n) is 7.09. The largest absolute Gasteiger partial charge is 0.492 e. The SMILES string of the molecule is Cc1nc(NC(C)c2cc3cc(Cl)c(OCC4CC4)cc3[nH]c2=O)sc1C#N. The second kappa shape index (κ2) is 7.46. The summed E-state index contributed by atoms with van der Waals surface area (Å²) in [5, 5.41) is 14.3. The Bertz CT molecular complexity index is 1140. The van der Waals surface area contributed by atoms with Gasteiger partial charge in [-0.2, -0.15) is 5.26 Å². The van der Waals surface area contributed by atoms with Crippen LogP contribution >= 0.6 is 22.9 Å². The second-order valence-corrected chi connectivity index (χ2v) is 8.50. The van der Waals surface area contributed by atoms with Gasteiger partial charge in [0.05, 0.1) is 28.9 Å². The zero-order chi connectivity index (χ0) is 19.8. The molecule has 1 aromatic carbocycles. The molecule has 2 aromatic heterocycles. The lowest BCUT2D eigenvalue weighted by molar-refractivity contribution is 0.300. The van der Waals surface area contributed by atoms with Crippen LogP contribution in [0, 0.1) is 24.2 Å². The first-order valence-corrected chi connectivity index (χ1v) is 10.3. The fourth-order valence-corrected chi connectivity index (χ4v) is 4.05. The number of hydrogen-bond donors (Lipinski definition) is 2. The molecule has 1 fully saturated rings. The number of nitrogens with one attached hydrogen (secondary N) is 2. The van der Waals surface area contributed by atoms with Crippen LogP contribution < -0.4 is 15.6 Å². The van der Waals surface area contributed by atoms with Gasteiger partial charge in [0.25, 0.3) is 5.56 Å². The highest BCUT2D eigenvalue weighted by Crippen LogP contribution is 2.34. The number of hydrogen-bond acceptors (Lipinski definition) is 6. The first-order valence-electron chi connectivity index (χ1n) is 9.08. The summed E-state index contributed by atoms with van der Waals surface area (Å²) in [4.78, 5) is 20.4. The monoisotopic (exact) mass is 414 g/mol. The molecular formula is C20H19ClN4O2S. The average Bonchev–Trinajstić information content (AvgIpc) is 3.42. The van der Waals surface area contributed by atoms with E-state index >= 15 is 0 Å². The first-order chi connectivity index (χ1) is 13.4. The van der Waals surface area contributed by atoms with Crippen molar-refractivity contribution in [3.63, 3.8) is 0 Å². The van der Waals surface area contributed by atoms with Crippen LogP contribution in [0.3, 0.4) is 0 Å². The van der Waals surface area contributed by atoms with Crippen molar-refractivity contribution >= 4 is 39.0 Å². The number of rotatable bonds is 6. The number of fused-ring (bicyclic) bond motifs is 1. The molecule has 0 bridgehead atoms. The third-order valence-corrected chi connectivity index (χ3v) is 6.09. The summed E-state index contributed by atoms with van der Waals surface area (Å²) in [5.74, 6) is 1.22. The molecule has 2 N–H and O–H groups in total. The smallest absolute Gasteiger partial charge is 0.253 e. The number of anilines is 1. The van der Waals surface area contributed by atoms with Gasteiger partial charge < -0.3 is 15.0 Å². The van der Waals surface area contributed by atoms with E-state index in [0.29, 0.717) is 50.1 Å². The molecule has 2 heterocycles. The molecule has 1 atom stereocenters. The number of nitriles is 1. The first kappa shape index (κ1) is 18.8. The van der Waals surface area contributed by atoms with Gasteiger partial charge in [-0.3, -0.25) is 4.79 Å². The highest BCUT2D eigenvalue weighted by molar-refractivity contribution is 7.16. The number of nitrogens with zero attached hydrogens (tertiary/aromatic N) is 2. The van der Waals surface area contributed by atoms with Crippen molar-refractivity contribution in [3.05, 3.63) is 49.7 Å². The number of H-pyrrole nitrogens is 1. The molecular weight excluding hydrogens is 396 g/mol. The normalized spacial score (nSPS) is 14.6. The van der Waals surface area contributed by atoms with Gasteiger partial charge in [-0.25, -0.2) is 4.98 Å². The van der Waals surface area contributed by atoms with Crippen LogP contribution in [0.2, 0.25) is 5.02 Å². The van der Waals surface area contributed by atoms with E-state index in [4.69, 9.17) is 21.6 Å². The topological polar surface area (TPSA) is 90.8 Å². The lowest BCUT2D eigenvalue weighted by Gasteiger charge is -2.14. The van der Waals surface area contributed by atoms with Crippen molar-refractivity contribution in [1.82, 2.24) is 9.97 Å². The van der Waals surface area contributed by atoms with Crippen LogP contribution in [-0.4, -0.2) is 16.6 Å². The van der Waals surface area contributed by atoms with Crippen molar-refractivity contribution in [2.45, 2.75) is 32.7 Å². The molecule has 8 heteroatoms. The predicted octanol–water partition coefficient (Wildman–Crippen LogP) is 4.78. The van der Waals surface area contributed by atoms with Crippen LogP contribution in [0.15, 0.2) is 23.0 Å². The lowest BCUT2D eigenvalue weighted by Crippen LogP contribution is -2.19. The summed E-state index contributed by atoms with van der Waals surface area (Å²) in [6, 6.07) is 7.26. The molecule has 0 radical (unpaired) electrons. The molecule has 28 heavy (non-hydrogen) atoms. The van der Waals surface area contributed by atoms with Crippen molar-refractivity contribution in [3.8, 4) is 11.8 Å². The zero-order valence-corrected chi connectivity index (χ0v) is 17.1. The lowest BCUT2D eigenvalue weighted by atomic mass is 10.1. The third-order valence-electron chi connectivity index (χ3n) is 4.80. The Labute approximate surface area is 171 Å². The molecule has 1 saturated carbocycles. The Balaban J connectivity index is 1.61. The van der Waals surface area contributed by atoms with E-state index in [1.165, 1.54) is 24.2 Å². The van der Waals surface area contributed by atoms with Crippen molar-refractivity contribution in [2.24, 2.45) is 5.92 Å². The van der Waals surface area contributed by atoms with Gasteiger partial charge in [0.2, 0.25) is 0 Å². The minimum Gasteiger partial charge on any atom is -0.492 e. The number of benzene rings is 1. The van der Waals surface area contributed by atoms with Gasteiger partial charge >= 0.3 is 0 Å². The van der Waals surface area contributed by atoms with E-state index in [1.54, 1.807) is 13.0 Å². The van der Waals surface area contributed by atoms with Crippen molar-refractivity contribution in [2.75, 3.05) is 11.9 Å². The fraction of sp³-hybridized carbons (Fsp3) is 0.350. The van der Waals surface area contributed by atoms with E-state index in [1.807, 2.05) is 19.1 Å². The van der Waals surface area contributed by atoms with Gasteiger partial charge in [-0.05, 0) is 44.7 Å². The molecule has 3 aromatic rings. The number of thiazole rings is 1. The molecule has 6 nitrogen and oxygen atoms in total. The molecule has 1 aliphatic rings. The van der Waals surface area contributed by atoms with E-state index in [9.17, 15) is 4.79 Å². The van der Waals surface area contributed by atoms with E-state index in [-0.39, 0.29) is 11.6 Å². The average molecular weight is 415 g/mol. The van der Waals surface area contributed by atoms with Crippen LogP contribution in [0.1, 0.15) is 41.9 Å². The van der Waals surface area contributed by atoms with Gasteiger partial charge in [-0.1, -0.05) is 22.9 Å². The quantitative estimate of drug-likeness (QED) is 0.605. The molecule has 144 valence electrons. The van der Waals surface area contributed by atoms with Crippen LogP contribution in [0.5, 0.6) is 5.75 Å². The molecule has 0 spiro atoms. The molecule has 1 aliphatic carbocycles. The number of halogens is 1. The number of pyridine rings is 1. The maximum Gasteiger partial charge on any atom is 0.253 e. The molecule has 1 unspecified atom stereocenters. The zero-order valence-electron chi connectivity index (χ0n) is 15.5. The maximum atomic E-state index is 12.6. The van der Waals surface area contributed by atoms with Crippen LogP contribution in [-0.2, 0) is 0 Å². The summed E-state index contributed by atoms with van der Waals surface area (Å²) < 4.78 is 5.79. The Hall–Kier alpha value is -2.56. The van der Waals surface area contributed by atoms with E-state index in [2.05, 4.69) is 21.4 Å². The highest BCUT2D eigenvalue weighted by Gasteiger charge is 2.22. The highest BCUT2D eigenvalue weighted by atomic mass is 35.5. The fourth-order valence-electron chi connectivity index (χ4n) is 2.97. The Morgan fingerprint density at radius 2 is 2.25 bits per heavy atom. The third kappa shape index (κ3) is 3.84.